The summed E-state index contributed by atoms with van der Waals surface area (Å²) in [6.45, 7) is 4.06. The minimum atomic E-state index is -0.218. The third kappa shape index (κ3) is 1.65. The van der Waals surface area contributed by atoms with E-state index in [1.807, 2.05) is 30.0 Å². The molecule has 2 aromatic rings. The molecule has 0 radical (unpaired) electrons. The topological polar surface area (TPSA) is 8.81 Å². The van der Waals surface area contributed by atoms with Gasteiger partial charge in [0.1, 0.15) is 5.82 Å². The largest absolute Gasteiger partial charge is 0.323 e. The second-order valence-corrected chi connectivity index (χ2v) is 3.64. The van der Waals surface area contributed by atoms with Gasteiger partial charge in [-0.15, -0.1) is 0 Å². The molecule has 78 valence electrons. The van der Waals surface area contributed by atoms with Crippen LogP contribution in [0.1, 0.15) is 11.4 Å². The molecule has 1 heterocycles. The van der Waals surface area contributed by atoms with Crippen LogP contribution in [0.15, 0.2) is 24.3 Å². The van der Waals surface area contributed by atoms with E-state index in [9.17, 15) is 4.39 Å². The summed E-state index contributed by atoms with van der Waals surface area (Å²) in [5.74, 6) is -0.218. The maximum atomic E-state index is 12.8. The second kappa shape index (κ2) is 3.50. The molecule has 0 saturated heterocycles. The molecule has 3 heteroatoms. The molecule has 0 fully saturated rings. The minimum Gasteiger partial charge on any atom is -0.323 e. The molecule has 0 bridgehead atoms. The number of imidazole rings is 1. The molecule has 0 N–H and O–H groups in total. The molecule has 1 aromatic heterocycles. The third-order valence-corrected chi connectivity index (χ3v) is 2.70. The van der Waals surface area contributed by atoms with E-state index in [0.717, 1.165) is 17.1 Å². The summed E-state index contributed by atoms with van der Waals surface area (Å²) in [5.41, 5.74) is 3.20. The lowest BCUT2D eigenvalue weighted by molar-refractivity contribution is -0.681. The Labute approximate surface area is 88.6 Å². The standard InChI is InChI=1S/C12H13FN2/c1-9-10(2)15(8-14(9)3)12-6-4-11(13)5-7-12/h4-7H,1-3H3. The number of hydrogen-bond acceptors (Lipinski definition) is 0. The Morgan fingerprint density at radius 1 is 1.20 bits per heavy atom. The lowest BCUT2D eigenvalue weighted by Gasteiger charge is -2.05. The molecule has 15 heavy (non-hydrogen) atoms. The summed E-state index contributed by atoms with van der Waals surface area (Å²) in [6, 6.07) is 6.41. The molecule has 1 aromatic carbocycles. The van der Waals surface area contributed by atoms with Crippen molar-refractivity contribution in [1.82, 2.24) is 4.57 Å². The fourth-order valence-electron chi connectivity index (χ4n) is 1.55. The first-order valence-corrected chi connectivity index (χ1v) is 4.83. The average Bonchev–Trinajstić information content (AvgIpc) is 2.47. The number of benzene rings is 1. The Morgan fingerprint density at radius 3 is 2.27 bits per heavy atom. The summed E-state index contributed by atoms with van der Waals surface area (Å²) in [4.78, 5) is 0. The second-order valence-electron chi connectivity index (χ2n) is 3.64. The van der Waals surface area contributed by atoms with Crippen LogP contribution in [0.4, 0.5) is 4.39 Å². The number of aromatic nitrogens is 2. The Morgan fingerprint density at radius 2 is 1.80 bits per heavy atom. The van der Waals surface area contributed by atoms with Crippen molar-refractivity contribution in [2.24, 2.45) is 7.05 Å². The summed E-state index contributed by atoms with van der Waals surface area (Å²) in [7, 11) is 1.95. The number of hydrogen-bond donors (Lipinski definition) is 0. The van der Waals surface area contributed by atoms with Crippen molar-refractivity contribution in [2.75, 3.05) is 0 Å². The molecular formula is C12H13FN2. The van der Waals surface area contributed by atoms with Crippen LogP contribution in [-0.2, 0) is 7.05 Å². The highest BCUT2D eigenvalue weighted by atomic mass is 19.1. The lowest BCUT2D eigenvalue weighted by atomic mass is 10.3. The average molecular weight is 204 g/mol. The van der Waals surface area contributed by atoms with Gasteiger partial charge in [0.2, 0.25) is 6.33 Å². The maximum Gasteiger partial charge on any atom is 0.243 e. The molecule has 2 nitrogen and oxygen atoms in total. The highest BCUT2D eigenvalue weighted by Gasteiger charge is 2.06. The van der Waals surface area contributed by atoms with Gasteiger partial charge in [0, 0.05) is 11.4 Å². The molecule has 0 amide bonds. The Balaban J connectivity index is 2.54. The Bertz CT molecular complexity index is 483. The van der Waals surface area contributed by atoms with Gasteiger partial charge in [-0.25, -0.2) is 4.39 Å². The Kier molecular flexibility index (Phi) is 2.31. The van der Waals surface area contributed by atoms with Crippen molar-refractivity contribution >= 4 is 0 Å². The molecule has 0 aliphatic carbocycles. The lowest BCUT2D eigenvalue weighted by Crippen LogP contribution is -2.29. The minimum absolute atomic E-state index is 0.218. The first kappa shape index (κ1) is 9.90. The molecule has 0 spiro atoms. The van der Waals surface area contributed by atoms with E-state index in [4.69, 9.17) is 0 Å². The van der Waals surface area contributed by atoms with E-state index in [0.29, 0.717) is 0 Å². The number of aryl methyl sites for hydroxylation is 1. The normalized spacial score (nSPS) is 10.7. The van der Waals surface area contributed by atoms with Gasteiger partial charge in [0.05, 0.1) is 12.7 Å². The molecule has 0 atom stereocenters. The van der Waals surface area contributed by atoms with E-state index in [1.165, 1.54) is 12.1 Å². The van der Waals surface area contributed by atoms with E-state index < -0.39 is 0 Å². The number of rotatable bonds is 1. The van der Waals surface area contributed by atoms with Gasteiger partial charge in [-0.3, -0.25) is 0 Å². The van der Waals surface area contributed by atoms with Crippen LogP contribution in [0.3, 0.4) is 0 Å². The molecule has 0 saturated carbocycles. The van der Waals surface area contributed by atoms with Gasteiger partial charge in [-0.1, -0.05) is 12.1 Å². The van der Waals surface area contributed by atoms with Crippen LogP contribution in [0.25, 0.3) is 5.69 Å². The molecule has 0 aliphatic rings. The summed E-state index contributed by atoms with van der Waals surface area (Å²) < 4.78 is 16.6. The van der Waals surface area contributed by atoms with Crippen LogP contribution in [0.2, 0.25) is 0 Å². The predicted octanol–water partition coefficient (Wildman–Crippen LogP) is 1.86. The van der Waals surface area contributed by atoms with Crippen molar-refractivity contribution in [1.29, 1.82) is 0 Å². The van der Waals surface area contributed by atoms with Crippen LogP contribution in [0.5, 0.6) is 0 Å². The monoisotopic (exact) mass is 204 g/mol. The van der Waals surface area contributed by atoms with Crippen LogP contribution in [0, 0.1) is 26.0 Å². The summed E-state index contributed by atoms with van der Waals surface area (Å²) >= 11 is 0. The van der Waals surface area contributed by atoms with Crippen molar-refractivity contribution < 1.29 is 8.96 Å². The van der Waals surface area contributed by atoms with Crippen molar-refractivity contribution in [3.63, 3.8) is 0 Å². The van der Waals surface area contributed by atoms with Crippen LogP contribution in [-0.4, -0.2) is 4.57 Å². The van der Waals surface area contributed by atoms with Crippen molar-refractivity contribution in [3.8, 4) is 5.69 Å². The zero-order chi connectivity index (χ0) is 11.0. The van der Waals surface area contributed by atoms with Crippen LogP contribution < -0.4 is 4.57 Å². The Hall–Kier alpha value is -1.64. The van der Waals surface area contributed by atoms with Crippen molar-refractivity contribution in [2.45, 2.75) is 13.8 Å². The fraction of sp³-hybridized carbons (Fsp3) is 0.250. The molecule has 2 rings (SSSR count). The third-order valence-electron chi connectivity index (χ3n) is 2.70. The maximum absolute atomic E-state index is 12.8. The highest BCUT2D eigenvalue weighted by molar-refractivity contribution is 5.33. The zero-order valence-electron chi connectivity index (χ0n) is 9.08. The van der Waals surface area contributed by atoms with Gasteiger partial charge < -0.3 is 9.13 Å². The smallest absolute Gasteiger partial charge is 0.243 e. The number of halogens is 1. The zero-order valence-corrected chi connectivity index (χ0v) is 9.08. The van der Waals surface area contributed by atoms with Gasteiger partial charge in [0.25, 0.3) is 0 Å². The summed E-state index contributed by atoms with van der Waals surface area (Å²) in [5, 5.41) is 0. The SMILES string of the molecule is Cc1c(C)[n+](C)[c-]n1-c1ccc(F)cc1. The quantitative estimate of drug-likeness (QED) is 0.495. The van der Waals surface area contributed by atoms with E-state index in [1.54, 1.807) is 12.1 Å². The highest BCUT2D eigenvalue weighted by Crippen LogP contribution is 2.12. The first-order valence-electron chi connectivity index (χ1n) is 4.83. The molecular weight excluding hydrogens is 191 g/mol. The van der Waals surface area contributed by atoms with E-state index >= 15 is 0 Å². The van der Waals surface area contributed by atoms with Gasteiger partial charge in [0.15, 0.2) is 0 Å². The fourth-order valence-corrected chi connectivity index (χ4v) is 1.55. The van der Waals surface area contributed by atoms with E-state index in [-0.39, 0.29) is 5.82 Å². The summed E-state index contributed by atoms with van der Waals surface area (Å²) in [6.07, 6.45) is 3.16. The van der Waals surface area contributed by atoms with Crippen LogP contribution >= 0.6 is 0 Å². The van der Waals surface area contributed by atoms with Gasteiger partial charge in [-0.05, 0) is 26.0 Å². The molecule has 0 unspecified atom stereocenters. The van der Waals surface area contributed by atoms with Gasteiger partial charge in [-0.2, -0.15) is 0 Å². The van der Waals surface area contributed by atoms with E-state index in [2.05, 4.69) is 6.33 Å². The molecule has 0 aliphatic heterocycles. The predicted molar refractivity (Wildman–Crippen MR) is 55.2 cm³/mol. The first-order chi connectivity index (χ1) is 7.09. The van der Waals surface area contributed by atoms with Crippen molar-refractivity contribution in [3.05, 3.63) is 47.8 Å². The van der Waals surface area contributed by atoms with Gasteiger partial charge >= 0.3 is 0 Å². The number of nitrogens with zero attached hydrogens (tertiary/aromatic N) is 2.